The fourth-order valence-corrected chi connectivity index (χ4v) is 12.9. The van der Waals surface area contributed by atoms with E-state index in [1.165, 1.54) is 104 Å². The minimum Gasteiger partial charge on any atom is -0.512 e. The fraction of sp³-hybridized carbons (Fsp3) is 0.121. The largest absolute Gasteiger partial charge is 0.512 e. The number of benzene rings is 8. The summed E-state index contributed by atoms with van der Waals surface area (Å²) in [6.07, 6.45) is 12.6. The van der Waals surface area contributed by atoms with E-state index in [4.69, 9.17) is 25.5 Å². The zero-order valence-corrected chi connectivity index (χ0v) is 93.5. The van der Waals surface area contributed by atoms with Crippen molar-refractivity contribution in [3.05, 3.63) is 426 Å². The molecule has 0 unspecified atom stereocenters. The molecule has 0 fully saturated rings. The van der Waals surface area contributed by atoms with Crippen molar-refractivity contribution >= 4 is 72.4 Å². The van der Waals surface area contributed by atoms with Gasteiger partial charge in [0.1, 0.15) is 0 Å². The molecule has 754 valence electrons. The monoisotopic (exact) mass is 3020 g/mol. The third-order valence-electron chi connectivity index (χ3n) is 18.5. The number of carbonyl (C=O) groups is 5. The van der Waals surface area contributed by atoms with Crippen LogP contribution in [0.2, 0.25) is 0 Å². The molecule has 8 aromatic carbocycles. The van der Waals surface area contributed by atoms with Gasteiger partial charge in [-0.05, 0) is 182 Å². The Morgan fingerprint density at radius 3 is 1.07 bits per heavy atom. The summed E-state index contributed by atoms with van der Waals surface area (Å²) in [6, 6.07) is 90.7. The van der Waals surface area contributed by atoms with Gasteiger partial charge in [-0.3, -0.25) is 50.0 Å². The molecule has 0 amide bonds. The Kier molecular flexibility index (Phi) is 57.5. The minimum absolute atomic E-state index is 0. The number of aliphatic hydroxyl groups is 2. The number of carboxylic acid groups (broad SMARTS) is 3. The second-order valence-electron chi connectivity index (χ2n) is 29.3. The maximum Gasteiger partial charge on any atom is 0.356 e. The number of thiophene rings is 1. The number of carboxylic acids is 3. The quantitative estimate of drug-likeness (QED) is 0.0270. The van der Waals surface area contributed by atoms with E-state index in [0.29, 0.717) is 23.6 Å². The maximum atomic E-state index is 13.5. The number of ketones is 2. The first kappa shape index (κ1) is 126. The van der Waals surface area contributed by atoms with Crippen molar-refractivity contribution < 1.29 is 196 Å². The number of allylic oxidation sites excluding steroid dienone is 4. The number of pyridine rings is 6. The van der Waals surface area contributed by atoms with Gasteiger partial charge in [-0.25, -0.2) is 25.7 Å². The number of nitrogens with zero attached hydrogens (tertiary/aromatic N) is 12. The number of carbonyl (C=O) groups excluding carboxylic acids is 2. The number of aromatic carboxylic acids is 3. The third kappa shape index (κ3) is 42.2. The third-order valence-corrected chi connectivity index (χ3v) is 19.6. The molecule has 0 bridgehead atoms. The van der Waals surface area contributed by atoms with Crippen LogP contribution >= 0.6 is 11.3 Å². The van der Waals surface area contributed by atoms with Gasteiger partial charge in [-0.15, -0.1) is 132 Å². The zero-order chi connectivity index (χ0) is 99.6. The van der Waals surface area contributed by atoms with E-state index < -0.39 is 52.8 Å². The number of aryl methyl sites for hydroxylation is 7. The molecular weight excluding hydrogens is 2930 g/mol. The summed E-state index contributed by atoms with van der Waals surface area (Å²) in [4.78, 5) is 77.2. The molecule has 36 heteroatoms. The fourth-order valence-electron chi connectivity index (χ4n) is 11.9. The van der Waals surface area contributed by atoms with Crippen LogP contribution in [0.25, 0.3) is 98.5 Å². The molecule has 0 spiro atoms. The molecule has 0 aliphatic rings. The summed E-state index contributed by atoms with van der Waals surface area (Å²) in [6.45, 7) is 13.7. The molecule has 18 aromatic rings. The van der Waals surface area contributed by atoms with Crippen LogP contribution in [-0.2, 0) is 158 Å². The van der Waals surface area contributed by atoms with E-state index in [1.807, 2.05) is 154 Å². The molecule has 23 nitrogen and oxygen atoms in total. The molecule has 0 saturated carbocycles. The van der Waals surface area contributed by atoms with Crippen LogP contribution in [0.15, 0.2) is 310 Å². The van der Waals surface area contributed by atoms with E-state index >= 15 is 0 Å². The van der Waals surface area contributed by atoms with Crippen molar-refractivity contribution in [3.63, 3.8) is 0 Å². The Labute approximate surface area is 908 Å². The van der Waals surface area contributed by atoms with Gasteiger partial charge in [0.25, 0.3) is 0 Å². The Bertz CT molecular complexity index is 6760. The molecule has 0 aliphatic carbocycles. The van der Waals surface area contributed by atoms with Crippen molar-refractivity contribution in [3.8, 4) is 66.9 Å². The Morgan fingerprint density at radius 1 is 0.385 bits per heavy atom. The van der Waals surface area contributed by atoms with Gasteiger partial charge in [0, 0.05) is 255 Å². The van der Waals surface area contributed by atoms with E-state index in [9.17, 15) is 50.3 Å². The molecular formula is C107H93F6Ir6N13O10S-6. The number of hydrogen-bond acceptors (Lipinski definition) is 18. The van der Waals surface area contributed by atoms with E-state index in [0.717, 1.165) is 97.7 Å². The van der Waals surface area contributed by atoms with Gasteiger partial charge >= 0.3 is 17.9 Å². The number of rotatable bonds is 13. The number of aliphatic hydroxyl groups excluding tert-OH is 2. The van der Waals surface area contributed by atoms with Crippen molar-refractivity contribution in [2.75, 3.05) is 7.05 Å². The van der Waals surface area contributed by atoms with Gasteiger partial charge < -0.3 is 60.8 Å². The van der Waals surface area contributed by atoms with Crippen LogP contribution in [0.1, 0.15) is 87.4 Å². The van der Waals surface area contributed by atoms with Gasteiger partial charge in [0.2, 0.25) is 0 Å². The van der Waals surface area contributed by atoms with Crippen molar-refractivity contribution in [2.24, 2.45) is 21.1 Å². The van der Waals surface area contributed by atoms with Gasteiger partial charge in [-0.2, -0.15) is 15.3 Å². The number of fused-ring (bicyclic) bond motifs is 3. The van der Waals surface area contributed by atoms with Crippen LogP contribution in [0.3, 0.4) is 0 Å². The number of nitrogens with one attached hydrogen (secondary N) is 1. The van der Waals surface area contributed by atoms with E-state index in [2.05, 4.69) is 129 Å². The van der Waals surface area contributed by atoms with Crippen LogP contribution in [0.5, 0.6) is 0 Å². The first-order valence-electron chi connectivity index (χ1n) is 41.5. The number of hydrogen-bond donors (Lipinski definition) is 6. The van der Waals surface area contributed by atoms with E-state index in [-0.39, 0.29) is 177 Å². The van der Waals surface area contributed by atoms with Crippen molar-refractivity contribution in [2.45, 2.75) is 61.9 Å². The Balaban J connectivity index is 0.000000535. The summed E-state index contributed by atoms with van der Waals surface area (Å²) in [5, 5.41) is 62.2. The SMILES string of the molecule is CC(=O)C=C(C)O.CC(=O)C=C(C)O.CNCc1ccnc(-c2[c-]cc(F)cc2F)c1.Cc1cc(C(=O)O)nn1C.Cc1cc(C(=O)O)nn1C.Cc1cc(C(=O)O)nn1C.Cc1ccnc(-c2[c-]cc(F)cc2F)c1.Fc1c[c-]c(-c2ccccn2)c(F)c1.[Ir].[Ir].[Ir].[Ir].[Ir].[Ir].[c-]1c(-c2ccccn2)sc2ccccc12.[c-]1ccccc1-c1nccc2ccccc12.[c-]1ccccc1-c1nccc2ccccc12. The summed E-state index contributed by atoms with van der Waals surface area (Å²) < 4.78 is 83.9. The standard InChI is InChI=1S/2C15H10N.C13H11F2N2.C13H8NS.C12H8F2N.C11H6F2N.3C6H8N2O2.2C5H8O2.6Ir/c2*1-2-7-13(8-3-1)15-14-9-5-4-6-12(14)10-11-16-15;1-16-8-9-4-5-17-13(6-9)11-3-2-10(14)7-12(11)15;1-2-7-12-10(5-1)9-13(15-12)11-6-3-4-8-14-11;1-8-4-5-15-12(6-8)10-3-2-9(13)7-11(10)14;12-8-4-5-9(10(13)7-8)11-3-1-2-6-14-11;3*1-4-3-5(6(9)10)7-8(4)2;2*1-4(6)3-5(2)7;;;;;;/h2*1-7,9-11H;2,4-7,16H,8H2,1H3;1-8H;2,4-7H,1H3;1-4,6-7H;3*3H,1-2H3,(H,9,10);2*3,6H,1-2H3;;;;;;/q6*-1;;;;;;;;;;;. The molecule has 6 radical (unpaired) electrons. The molecule has 10 heterocycles. The summed E-state index contributed by atoms with van der Waals surface area (Å²) >= 11 is 1.73. The van der Waals surface area contributed by atoms with Gasteiger partial charge in [0.05, 0.1) is 11.5 Å². The zero-order valence-electron chi connectivity index (χ0n) is 78.3. The first-order chi connectivity index (χ1) is 65.5. The van der Waals surface area contributed by atoms with Gasteiger partial charge in [0.15, 0.2) is 28.6 Å². The first-order valence-corrected chi connectivity index (χ1v) is 42.3. The molecule has 0 saturated heterocycles. The summed E-state index contributed by atoms with van der Waals surface area (Å²) in [5.74, 6) is -6.93. The van der Waals surface area contributed by atoms with Crippen LogP contribution in [0, 0.1) is 99.0 Å². The average Bonchev–Trinajstić information content (AvgIpc) is 1.46. The number of halogens is 6. The smallest absolute Gasteiger partial charge is 0.356 e. The van der Waals surface area contributed by atoms with Gasteiger partial charge in [-0.1, -0.05) is 138 Å². The number of aromatic nitrogens is 12. The topological polar surface area (TPSA) is 329 Å². The Morgan fingerprint density at radius 2 is 0.741 bits per heavy atom. The van der Waals surface area contributed by atoms with Crippen LogP contribution in [0.4, 0.5) is 26.3 Å². The van der Waals surface area contributed by atoms with Crippen LogP contribution < -0.4 is 5.32 Å². The molecule has 143 heavy (non-hydrogen) atoms. The normalized spacial score (nSPS) is 9.97. The summed E-state index contributed by atoms with van der Waals surface area (Å²) in [5.41, 5.74) is 11.8. The minimum atomic E-state index is -0.983. The molecule has 18 rings (SSSR count). The second-order valence-corrected chi connectivity index (χ2v) is 30.4. The molecule has 0 aliphatic heterocycles. The Hall–Kier alpha value is -13.0. The second kappa shape index (κ2) is 65.3. The predicted molar refractivity (Wildman–Crippen MR) is 518 cm³/mol. The van der Waals surface area contributed by atoms with E-state index in [1.54, 1.807) is 102 Å². The predicted octanol–water partition coefficient (Wildman–Crippen LogP) is 23.0. The van der Waals surface area contributed by atoms with Crippen molar-refractivity contribution in [1.82, 2.24) is 64.6 Å². The van der Waals surface area contributed by atoms with Crippen LogP contribution in [-0.4, -0.2) is 121 Å². The average molecular weight is 3020 g/mol. The maximum absolute atomic E-state index is 13.5. The summed E-state index contributed by atoms with van der Waals surface area (Å²) in [7, 11) is 6.95. The molecule has 0 atom stereocenters. The molecule has 6 N–H and O–H groups in total. The molecule has 10 aromatic heterocycles. The van der Waals surface area contributed by atoms with Crippen molar-refractivity contribution in [1.29, 1.82) is 0 Å².